The van der Waals surface area contributed by atoms with Gasteiger partial charge in [0.15, 0.2) is 0 Å². The molecule has 1 saturated carbocycles. The maximum atomic E-state index is 13.7. The van der Waals surface area contributed by atoms with E-state index in [2.05, 4.69) is 48.2 Å². The molecule has 216 valence electrons. The van der Waals surface area contributed by atoms with Crippen molar-refractivity contribution < 1.29 is 4.79 Å². The number of pyridine rings is 1. The number of nitriles is 1. The number of thiocarbonyl (C=S) groups is 1. The summed E-state index contributed by atoms with van der Waals surface area (Å²) < 4.78 is 2.43. The van der Waals surface area contributed by atoms with E-state index >= 15 is 0 Å². The van der Waals surface area contributed by atoms with Crippen molar-refractivity contribution >= 4 is 46.1 Å². The van der Waals surface area contributed by atoms with Crippen LogP contribution in [0.3, 0.4) is 0 Å². The molecule has 1 amide bonds. The molecular weight excluding hydrogens is 549 g/mol. The lowest BCUT2D eigenvalue weighted by molar-refractivity contribution is -0.124. The molecule has 6 nitrogen and oxygen atoms in total. The first-order valence-corrected chi connectivity index (χ1v) is 16.4. The van der Waals surface area contributed by atoms with Gasteiger partial charge >= 0.3 is 0 Å². The third-order valence-corrected chi connectivity index (χ3v) is 10.2. The predicted octanol–water partition coefficient (Wildman–Crippen LogP) is 6.82. The fraction of sp³-hybridized carbons (Fsp3) is 0.515. The molecule has 0 spiro atoms. The highest BCUT2D eigenvalue weighted by atomic mass is 32.2. The van der Waals surface area contributed by atoms with E-state index in [9.17, 15) is 14.9 Å². The molecule has 5 rings (SSSR count). The number of hydrogen-bond donors (Lipinski definition) is 0. The van der Waals surface area contributed by atoms with Crippen LogP contribution >= 0.6 is 24.0 Å². The van der Waals surface area contributed by atoms with Crippen LogP contribution in [0.25, 0.3) is 6.08 Å². The molecule has 3 aliphatic rings. The van der Waals surface area contributed by atoms with Crippen molar-refractivity contribution in [3.05, 3.63) is 67.8 Å². The number of carbonyl (C=O) groups is 1. The van der Waals surface area contributed by atoms with Gasteiger partial charge in [-0.3, -0.25) is 19.1 Å². The van der Waals surface area contributed by atoms with Gasteiger partial charge in [0.25, 0.3) is 11.5 Å². The van der Waals surface area contributed by atoms with E-state index in [-0.39, 0.29) is 23.1 Å². The molecule has 2 aromatic rings. The van der Waals surface area contributed by atoms with E-state index in [1.165, 1.54) is 23.7 Å². The molecule has 0 unspecified atom stereocenters. The van der Waals surface area contributed by atoms with E-state index < -0.39 is 0 Å². The van der Waals surface area contributed by atoms with Crippen molar-refractivity contribution in [3.8, 4) is 6.07 Å². The fourth-order valence-corrected chi connectivity index (χ4v) is 7.95. The zero-order valence-corrected chi connectivity index (χ0v) is 25.9. The number of unbranched alkanes of at least 4 members (excludes halogenated alkanes) is 1. The Morgan fingerprint density at radius 3 is 2.44 bits per heavy atom. The lowest BCUT2D eigenvalue weighted by Crippen LogP contribution is -2.40. The Kier molecular flexibility index (Phi) is 9.67. The van der Waals surface area contributed by atoms with Gasteiger partial charge in [-0.25, -0.2) is 0 Å². The SMILES string of the molecule is CCCCn1c(N2CCC(Cc3ccccc3)CC2)c(C=C2SC(=S)N(C3CCCCC3)C2=O)c(C)c(C#N)c1=O. The van der Waals surface area contributed by atoms with Crippen LogP contribution in [0.1, 0.15) is 87.0 Å². The zero-order chi connectivity index (χ0) is 28.9. The number of nitrogens with zero attached hydrogens (tertiary/aromatic N) is 4. The summed E-state index contributed by atoms with van der Waals surface area (Å²) in [4.78, 5) is 32.1. The second kappa shape index (κ2) is 13.4. The third kappa shape index (κ3) is 6.32. The fourth-order valence-electron chi connectivity index (χ4n) is 6.57. The summed E-state index contributed by atoms with van der Waals surface area (Å²) >= 11 is 7.07. The van der Waals surface area contributed by atoms with Crippen molar-refractivity contribution in [1.29, 1.82) is 5.26 Å². The number of piperidine rings is 1. The molecule has 0 atom stereocenters. The van der Waals surface area contributed by atoms with Gasteiger partial charge in [-0.05, 0) is 68.6 Å². The normalized spacial score (nSPS) is 19.8. The molecule has 1 aliphatic carbocycles. The Balaban J connectivity index is 1.51. The van der Waals surface area contributed by atoms with Crippen LogP contribution in [-0.2, 0) is 17.8 Å². The van der Waals surface area contributed by atoms with Gasteiger partial charge in [0.1, 0.15) is 21.8 Å². The van der Waals surface area contributed by atoms with Crippen LogP contribution in [0, 0.1) is 24.2 Å². The number of thioether (sulfide) groups is 1. The van der Waals surface area contributed by atoms with Crippen LogP contribution in [0.4, 0.5) is 5.82 Å². The van der Waals surface area contributed by atoms with Gasteiger partial charge < -0.3 is 4.90 Å². The first-order chi connectivity index (χ1) is 19.9. The van der Waals surface area contributed by atoms with Crippen molar-refractivity contribution in [2.75, 3.05) is 18.0 Å². The molecule has 3 fully saturated rings. The molecule has 3 heterocycles. The Hall–Kier alpha value is -2.89. The molecular formula is C33H40N4O2S2. The Morgan fingerprint density at radius 2 is 1.78 bits per heavy atom. The minimum absolute atomic E-state index is 0.0383. The molecule has 0 N–H and O–H groups in total. The summed E-state index contributed by atoms with van der Waals surface area (Å²) in [7, 11) is 0. The number of aromatic nitrogens is 1. The first-order valence-electron chi connectivity index (χ1n) is 15.2. The smallest absolute Gasteiger partial charge is 0.270 e. The average molecular weight is 589 g/mol. The lowest BCUT2D eigenvalue weighted by atomic mass is 9.90. The van der Waals surface area contributed by atoms with Crippen LogP contribution in [0.2, 0.25) is 0 Å². The van der Waals surface area contributed by atoms with E-state index in [0.29, 0.717) is 27.3 Å². The summed E-state index contributed by atoms with van der Waals surface area (Å²) in [5.74, 6) is 1.39. The van der Waals surface area contributed by atoms with Gasteiger partial charge in [-0.1, -0.05) is 86.9 Å². The molecule has 8 heteroatoms. The molecule has 1 aromatic heterocycles. The first kappa shape index (κ1) is 29.6. The number of rotatable bonds is 8. The molecule has 41 heavy (non-hydrogen) atoms. The van der Waals surface area contributed by atoms with Crippen molar-refractivity contribution in [2.45, 2.75) is 90.6 Å². The third-order valence-electron chi connectivity index (χ3n) is 8.90. The number of hydrogen-bond acceptors (Lipinski definition) is 6. The second-order valence-corrected chi connectivity index (χ2v) is 13.3. The summed E-state index contributed by atoms with van der Waals surface area (Å²) in [6, 6.07) is 13.0. The van der Waals surface area contributed by atoms with E-state index in [4.69, 9.17) is 12.2 Å². The van der Waals surface area contributed by atoms with Crippen LogP contribution in [-0.4, -0.2) is 38.8 Å². The zero-order valence-electron chi connectivity index (χ0n) is 24.2. The van der Waals surface area contributed by atoms with E-state index in [1.807, 2.05) is 17.9 Å². The second-order valence-electron chi connectivity index (χ2n) is 11.6. The van der Waals surface area contributed by atoms with E-state index in [0.717, 1.165) is 82.3 Å². The molecule has 2 aliphatic heterocycles. The molecule has 0 bridgehead atoms. The largest absolute Gasteiger partial charge is 0.357 e. The number of anilines is 1. The highest BCUT2D eigenvalue weighted by Gasteiger charge is 2.38. The van der Waals surface area contributed by atoms with Gasteiger partial charge in [0, 0.05) is 31.2 Å². The average Bonchev–Trinajstić information content (AvgIpc) is 3.27. The van der Waals surface area contributed by atoms with Crippen LogP contribution in [0.15, 0.2) is 40.0 Å². The summed E-state index contributed by atoms with van der Waals surface area (Å²) in [6.45, 7) is 6.17. The monoisotopic (exact) mass is 588 g/mol. The quantitative estimate of drug-likeness (QED) is 0.249. The van der Waals surface area contributed by atoms with E-state index in [1.54, 1.807) is 4.57 Å². The van der Waals surface area contributed by atoms with Crippen molar-refractivity contribution in [1.82, 2.24) is 9.47 Å². The minimum Gasteiger partial charge on any atom is -0.357 e. The topological polar surface area (TPSA) is 69.3 Å². The lowest BCUT2D eigenvalue weighted by Gasteiger charge is -2.36. The minimum atomic E-state index is -0.230. The number of carbonyl (C=O) groups excluding carboxylic acids is 1. The summed E-state index contributed by atoms with van der Waals surface area (Å²) in [5.41, 5.74) is 2.75. The Morgan fingerprint density at radius 1 is 1.07 bits per heavy atom. The van der Waals surface area contributed by atoms with Gasteiger partial charge in [0.2, 0.25) is 0 Å². The number of benzene rings is 1. The predicted molar refractivity (Wildman–Crippen MR) is 172 cm³/mol. The van der Waals surface area contributed by atoms with Crippen LogP contribution < -0.4 is 10.5 Å². The number of amides is 1. The molecule has 1 aromatic carbocycles. The molecule has 0 radical (unpaired) electrons. The highest BCUT2D eigenvalue weighted by molar-refractivity contribution is 8.26. The van der Waals surface area contributed by atoms with Crippen LogP contribution in [0.5, 0.6) is 0 Å². The summed E-state index contributed by atoms with van der Waals surface area (Å²) in [6.07, 6.45) is 12.2. The van der Waals surface area contributed by atoms with Gasteiger partial charge in [0.05, 0.1) is 4.91 Å². The highest BCUT2D eigenvalue weighted by Crippen LogP contribution is 2.39. The maximum Gasteiger partial charge on any atom is 0.270 e. The summed E-state index contributed by atoms with van der Waals surface area (Å²) in [5, 5.41) is 10.0. The Bertz CT molecular complexity index is 1410. The Labute approximate surface area is 253 Å². The van der Waals surface area contributed by atoms with Crippen molar-refractivity contribution in [2.24, 2.45) is 5.92 Å². The molecule has 2 saturated heterocycles. The maximum absolute atomic E-state index is 13.7. The van der Waals surface area contributed by atoms with Gasteiger partial charge in [-0.2, -0.15) is 5.26 Å². The van der Waals surface area contributed by atoms with Gasteiger partial charge in [-0.15, -0.1) is 0 Å². The van der Waals surface area contributed by atoms with Crippen molar-refractivity contribution in [3.63, 3.8) is 0 Å². The standard InChI is InChI=1S/C33H40N4O2S2/c1-3-4-17-36-30(35-18-15-25(16-19-35)20-24-11-7-5-8-12-24)27(23(2)28(22-34)31(36)38)21-29-32(39)37(33(40)41-29)26-13-9-6-10-14-26/h5,7-8,11-12,21,25-26H,3-4,6,9-10,13-20H2,1-2H3.